The van der Waals surface area contributed by atoms with E-state index >= 15 is 0 Å². The van der Waals surface area contributed by atoms with Gasteiger partial charge in [0.15, 0.2) is 0 Å². The molecule has 0 aliphatic heterocycles. The molecule has 2 rings (SSSR count). The minimum atomic E-state index is -1.25. The predicted molar refractivity (Wildman–Crippen MR) is 79.9 cm³/mol. The molecule has 0 saturated heterocycles. The summed E-state index contributed by atoms with van der Waals surface area (Å²) >= 11 is 0. The van der Waals surface area contributed by atoms with Crippen LogP contribution < -0.4 is 0 Å². The lowest BCUT2D eigenvalue weighted by Gasteiger charge is -2.19. The Morgan fingerprint density at radius 1 is 0.750 bits per heavy atom. The second-order valence-corrected chi connectivity index (χ2v) is 4.69. The van der Waals surface area contributed by atoms with E-state index in [-0.39, 0.29) is 12.2 Å². The SMILES string of the molecule is CC(OB(O)OC(C)c1ccccc1)c1ccccc1. The van der Waals surface area contributed by atoms with Crippen LogP contribution in [0.1, 0.15) is 37.2 Å². The summed E-state index contributed by atoms with van der Waals surface area (Å²) in [7, 11) is -1.25. The van der Waals surface area contributed by atoms with Crippen LogP contribution in [0, 0.1) is 0 Å². The van der Waals surface area contributed by atoms with E-state index in [4.69, 9.17) is 9.31 Å². The number of benzene rings is 2. The first kappa shape index (κ1) is 14.8. The van der Waals surface area contributed by atoms with E-state index in [1.54, 1.807) is 0 Å². The van der Waals surface area contributed by atoms with Gasteiger partial charge in [-0.25, -0.2) is 0 Å². The third-order valence-electron chi connectivity index (χ3n) is 3.18. The van der Waals surface area contributed by atoms with Gasteiger partial charge in [-0.15, -0.1) is 0 Å². The fraction of sp³-hybridized carbons (Fsp3) is 0.250. The Hall–Kier alpha value is -1.62. The molecule has 0 bridgehead atoms. The Balaban J connectivity index is 1.88. The average molecular weight is 270 g/mol. The Labute approximate surface area is 120 Å². The molecule has 3 nitrogen and oxygen atoms in total. The van der Waals surface area contributed by atoms with E-state index in [0.29, 0.717) is 0 Å². The Kier molecular flexibility index (Phi) is 5.36. The molecule has 20 heavy (non-hydrogen) atoms. The summed E-state index contributed by atoms with van der Waals surface area (Å²) in [5, 5.41) is 9.87. The molecule has 0 radical (unpaired) electrons. The second-order valence-electron chi connectivity index (χ2n) is 4.69. The van der Waals surface area contributed by atoms with Crippen LogP contribution in [-0.4, -0.2) is 12.3 Å². The zero-order valence-corrected chi connectivity index (χ0v) is 11.8. The lowest BCUT2D eigenvalue weighted by atomic mass is 10.1. The van der Waals surface area contributed by atoms with Crippen LogP contribution >= 0.6 is 0 Å². The summed E-state index contributed by atoms with van der Waals surface area (Å²) in [5.41, 5.74) is 2.00. The first-order valence-electron chi connectivity index (χ1n) is 6.75. The molecule has 2 aromatic carbocycles. The Bertz CT molecular complexity index is 456. The second kappa shape index (κ2) is 7.24. The van der Waals surface area contributed by atoms with Crippen molar-refractivity contribution in [2.45, 2.75) is 26.1 Å². The minimum absolute atomic E-state index is 0.228. The largest absolute Gasteiger partial charge is 0.637 e. The lowest BCUT2D eigenvalue weighted by molar-refractivity contribution is 0.0658. The van der Waals surface area contributed by atoms with Gasteiger partial charge in [0.05, 0.1) is 12.2 Å². The summed E-state index contributed by atoms with van der Waals surface area (Å²) in [6, 6.07) is 19.5. The van der Waals surface area contributed by atoms with Crippen molar-refractivity contribution in [3.8, 4) is 0 Å². The molecule has 0 fully saturated rings. The van der Waals surface area contributed by atoms with Crippen molar-refractivity contribution in [2.75, 3.05) is 0 Å². The van der Waals surface area contributed by atoms with E-state index in [1.807, 2.05) is 74.5 Å². The zero-order valence-electron chi connectivity index (χ0n) is 11.8. The highest BCUT2D eigenvalue weighted by Gasteiger charge is 2.23. The molecule has 2 aromatic rings. The van der Waals surface area contributed by atoms with Gasteiger partial charge in [0.25, 0.3) is 0 Å². The molecule has 0 aliphatic carbocycles. The minimum Gasteiger partial charge on any atom is -0.402 e. The fourth-order valence-electron chi connectivity index (χ4n) is 1.99. The molecule has 2 atom stereocenters. The highest BCUT2D eigenvalue weighted by atomic mass is 16.7. The first-order chi connectivity index (χ1) is 9.66. The monoisotopic (exact) mass is 270 g/mol. The lowest BCUT2D eigenvalue weighted by Crippen LogP contribution is -2.25. The van der Waals surface area contributed by atoms with E-state index in [1.165, 1.54) is 0 Å². The van der Waals surface area contributed by atoms with E-state index < -0.39 is 7.32 Å². The van der Waals surface area contributed by atoms with Gasteiger partial charge in [0.2, 0.25) is 0 Å². The van der Waals surface area contributed by atoms with Crippen molar-refractivity contribution >= 4 is 7.32 Å². The molecule has 0 amide bonds. The molecule has 1 N–H and O–H groups in total. The van der Waals surface area contributed by atoms with E-state index in [0.717, 1.165) is 11.1 Å². The molecule has 0 spiro atoms. The van der Waals surface area contributed by atoms with Gasteiger partial charge < -0.3 is 14.3 Å². The maximum atomic E-state index is 9.87. The van der Waals surface area contributed by atoms with Crippen LogP contribution in [0.2, 0.25) is 0 Å². The topological polar surface area (TPSA) is 38.7 Å². The zero-order chi connectivity index (χ0) is 14.4. The standard InChI is InChI=1S/C16H19BO3/c1-13(15-9-5-3-6-10-15)19-17(18)20-14(2)16-11-7-4-8-12-16/h3-14,18H,1-2H3. The maximum Gasteiger partial charge on any atom is 0.637 e. The van der Waals surface area contributed by atoms with Crippen molar-refractivity contribution in [1.29, 1.82) is 0 Å². The van der Waals surface area contributed by atoms with Gasteiger partial charge in [0, 0.05) is 0 Å². The highest BCUT2D eigenvalue weighted by molar-refractivity contribution is 6.34. The summed E-state index contributed by atoms with van der Waals surface area (Å²) in [6.45, 7) is 3.77. The number of hydrogen-bond donors (Lipinski definition) is 1. The van der Waals surface area contributed by atoms with Crippen molar-refractivity contribution in [3.63, 3.8) is 0 Å². The molecular weight excluding hydrogens is 251 g/mol. The molecular formula is C16H19BO3. The van der Waals surface area contributed by atoms with Gasteiger partial charge >= 0.3 is 7.32 Å². The predicted octanol–water partition coefficient (Wildman–Crippen LogP) is 3.52. The summed E-state index contributed by atoms with van der Waals surface area (Å²) in [6.07, 6.45) is -0.455. The molecule has 0 heterocycles. The quantitative estimate of drug-likeness (QED) is 0.816. The smallest absolute Gasteiger partial charge is 0.402 e. The summed E-state index contributed by atoms with van der Waals surface area (Å²) in [4.78, 5) is 0. The van der Waals surface area contributed by atoms with E-state index in [9.17, 15) is 5.02 Å². The highest BCUT2D eigenvalue weighted by Crippen LogP contribution is 2.20. The van der Waals surface area contributed by atoms with Gasteiger partial charge in [-0.05, 0) is 25.0 Å². The van der Waals surface area contributed by atoms with Crippen LogP contribution in [0.15, 0.2) is 60.7 Å². The normalized spacial score (nSPS) is 13.8. The van der Waals surface area contributed by atoms with Crippen LogP contribution in [0.5, 0.6) is 0 Å². The summed E-state index contributed by atoms with van der Waals surface area (Å²) < 4.78 is 10.9. The Morgan fingerprint density at radius 3 is 1.45 bits per heavy atom. The molecule has 0 aliphatic rings. The third-order valence-corrected chi connectivity index (χ3v) is 3.18. The molecule has 2 unspecified atom stereocenters. The van der Waals surface area contributed by atoms with Crippen molar-refractivity contribution in [3.05, 3.63) is 71.8 Å². The van der Waals surface area contributed by atoms with Gasteiger partial charge in [-0.1, -0.05) is 60.7 Å². The van der Waals surface area contributed by atoms with Crippen LogP contribution in [0.3, 0.4) is 0 Å². The molecule has 0 aromatic heterocycles. The molecule has 0 saturated carbocycles. The van der Waals surface area contributed by atoms with Crippen molar-refractivity contribution in [1.82, 2.24) is 0 Å². The Morgan fingerprint density at radius 2 is 1.10 bits per heavy atom. The van der Waals surface area contributed by atoms with Gasteiger partial charge in [0.1, 0.15) is 0 Å². The summed E-state index contributed by atoms with van der Waals surface area (Å²) in [5.74, 6) is 0. The van der Waals surface area contributed by atoms with Crippen molar-refractivity contribution < 1.29 is 14.3 Å². The molecule has 104 valence electrons. The third kappa shape index (κ3) is 4.20. The van der Waals surface area contributed by atoms with Gasteiger partial charge in [-0.2, -0.15) is 0 Å². The number of hydrogen-bond acceptors (Lipinski definition) is 3. The van der Waals surface area contributed by atoms with Crippen LogP contribution in [-0.2, 0) is 9.31 Å². The first-order valence-corrected chi connectivity index (χ1v) is 6.75. The fourth-order valence-corrected chi connectivity index (χ4v) is 1.99. The average Bonchev–Trinajstić information content (AvgIpc) is 2.49. The number of rotatable bonds is 6. The van der Waals surface area contributed by atoms with Gasteiger partial charge in [-0.3, -0.25) is 0 Å². The molecule has 4 heteroatoms. The van der Waals surface area contributed by atoms with Crippen molar-refractivity contribution in [2.24, 2.45) is 0 Å². The maximum absolute atomic E-state index is 9.87. The van der Waals surface area contributed by atoms with Crippen LogP contribution in [0.4, 0.5) is 0 Å². The van der Waals surface area contributed by atoms with Crippen LogP contribution in [0.25, 0.3) is 0 Å². The van der Waals surface area contributed by atoms with E-state index in [2.05, 4.69) is 0 Å².